The molecule has 0 spiro atoms. The van der Waals surface area contributed by atoms with Crippen LogP contribution in [0.15, 0.2) is 35.3 Å². The second-order valence-electron chi connectivity index (χ2n) is 5.36. The van der Waals surface area contributed by atoms with E-state index in [0.29, 0.717) is 18.1 Å². The highest BCUT2D eigenvalue weighted by Crippen LogP contribution is 2.24. The van der Waals surface area contributed by atoms with E-state index in [0.717, 1.165) is 5.96 Å². The van der Waals surface area contributed by atoms with Crippen LogP contribution in [0.3, 0.4) is 0 Å². The molecular formula is C15H21N3. The van der Waals surface area contributed by atoms with Crippen molar-refractivity contribution in [2.75, 3.05) is 0 Å². The van der Waals surface area contributed by atoms with Crippen LogP contribution in [-0.2, 0) is 0 Å². The first-order valence-corrected chi connectivity index (χ1v) is 6.99. The third kappa shape index (κ3) is 2.35. The van der Waals surface area contributed by atoms with E-state index in [4.69, 9.17) is 4.99 Å². The Labute approximate surface area is 109 Å². The van der Waals surface area contributed by atoms with Gasteiger partial charge in [0.05, 0.1) is 18.1 Å². The summed E-state index contributed by atoms with van der Waals surface area (Å²) in [7, 11) is 0. The Morgan fingerprint density at radius 2 is 2.00 bits per heavy atom. The first-order valence-electron chi connectivity index (χ1n) is 6.99. The molecule has 1 aromatic rings. The summed E-state index contributed by atoms with van der Waals surface area (Å²) >= 11 is 0. The average Bonchev–Trinajstić information content (AvgIpc) is 2.82. The molecule has 3 atom stereocenters. The smallest absolute Gasteiger partial charge is 0.192 e. The second-order valence-corrected chi connectivity index (χ2v) is 5.36. The first-order chi connectivity index (χ1) is 8.83. The Balaban J connectivity index is 1.63. The number of nitrogens with zero attached hydrogens (tertiary/aromatic N) is 1. The van der Waals surface area contributed by atoms with Gasteiger partial charge in [-0.3, -0.25) is 0 Å². The molecule has 18 heavy (non-hydrogen) atoms. The van der Waals surface area contributed by atoms with Gasteiger partial charge in [-0.15, -0.1) is 0 Å². The van der Waals surface area contributed by atoms with Crippen LogP contribution in [0.2, 0.25) is 0 Å². The molecule has 0 saturated heterocycles. The van der Waals surface area contributed by atoms with Gasteiger partial charge in [0.15, 0.2) is 5.96 Å². The van der Waals surface area contributed by atoms with Crippen LogP contribution in [0.1, 0.15) is 44.2 Å². The summed E-state index contributed by atoms with van der Waals surface area (Å²) in [6.07, 6.45) is 5.17. The van der Waals surface area contributed by atoms with Gasteiger partial charge in [0.25, 0.3) is 0 Å². The van der Waals surface area contributed by atoms with E-state index in [2.05, 4.69) is 47.9 Å². The largest absolute Gasteiger partial charge is 0.351 e. The molecule has 0 bridgehead atoms. The highest BCUT2D eigenvalue weighted by atomic mass is 15.3. The molecular weight excluding hydrogens is 222 g/mol. The third-order valence-electron chi connectivity index (χ3n) is 4.00. The predicted octanol–water partition coefficient (Wildman–Crippen LogP) is 2.61. The zero-order valence-electron chi connectivity index (χ0n) is 10.9. The molecule has 0 amide bonds. The van der Waals surface area contributed by atoms with Crippen LogP contribution in [0, 0.1) is 0 Å². The molecule has 1 heterocycles. The fourth-order valence-corrected chi connectivity index (χ4v) is 2.92. The van der Waals surface area contributed by atoms with E-state index in [1.807, 2.05) is 0 Å². The standard InChI is InChI=1S/C15H21N3/c1-11(12-7-3-2-4-8-12)16-15-17-13-9-5-6-10-14(13)18-15/h2-4,7-8,11,13-14H,5-6,9-10H2,1H3,(H2,16,17,18)/t11-,13-,14-/m0/s1. The lowest BCUT2D eigenvalue weighted by Gasteiger charge is -2.23. The predicted molar refractivity (Wildman–Crippen MR) is 74.6 cm³/mol. The summed E-state index contributed by atoms with van der Waals surface area (Å²) in [5.41, 5.74) is 1.30. The fourth-order valence-electron chi connectivity index (χ4n) is 2.92. The molecule has 0 radical (unpaired) electrons. The maximum absolute atomic E-state index is 4.77. The van der Waals surface area contributed by atoms with E-state index in [9.17, 15) is 0 Å². The lowest BCUT2D eigenvalue weighted by atomic mass is 9.92. The van der Waals surface area contributed by atoms with Crippen molar-refractivity contribution in [2.45, 2.75) is 50.7 Å². The topological polar surface area (TPSA) is 36.4 Å². The van der Waals surface area contributed by atoms with Crippen LogP contribution in [0.4, 0.5) is 0 Å². The number of aliphatic imine (C=N–C) groups is 1. The Kier molecular flexibility index (Phi) is 3.22. The number of rotatable bonds is 2. The van der Waals surface area contributed by atoms with Gasteiger partial charge in [0, 0.05) is 0 Å². The number of benzene rings is 1. The van der Waals surface area contributed by atoms with Gasteiger partial charge in [-0.2, -0.15) is 0 Å². The zero-order chi connectivity index (χ0) is 12.4. The van der Waals surface area contributed by atoms with Gasteiger partial charge < -0.3 is 10.6 Å². The van der Waals surface area contributed by atoms with E-state index in [1.165, 1.54) is 31.2 Å². The molecule has 1 aromatic carbocycles. The minimum Gasteiger partial charge on any atom is -0.351 e. The Hall–Kier alpha value is -1.51. The normalized spacial score (nSPS) is 27.9. The number of nitrogens with one attached hydrogen (secondary N) is 2. The van der Waals surface area contributed by atoms with Crippen molar-refractivity contribution in [3.05, 3.63) is 35.9 Å². The van der Waals surface area contributed by atoms with Gasteiger partial charge in [-0.25, -0.2) is 4.99 Å². The number of guanidine groups is 1. The minimum absolute atomic E-state index is 0.303. The number of hydrogen-bond donors (Lipinski definition) is 2. The van der Waals surface area contributed by atoms with Crippen molar-refractivity contribution in [3.8, 4) is 0 Å². The maximum atomic E-state index is 4.77. The summed E-state index contributed by atoms with van der Waals surface area (Å²) in [6, 6.07) is 11.9. The molecule has 0 unspecified atom stereocenters. The lowest BCUT2D eigenvalue weighted by Crippen LogP contribution is -2.42. The van der Waals surface area contributed by atoms with Gasteiger partial charge >= 0.3 is 0 Å². The summed E-state index contributed by atoms with van der Waals surface area (Å²) in [5, 5.41) is 7.02. The Bertz CT molecular complexity index is 427. The highest BCUT2D eigenvalue weighted by molar-refractivity contribution is 5.82. The maximum Gasteiger partial charge on any atom is 0.192 e. The zero-order valence-corrected chi connectivity index (χ0v) is 10.9. The molecule has 1 fully saturated rings. The fraction of sp³-hybridized carbons (Fsp3) is 0.533. The molecule has 3 rings (SSSR count). The quantitative estimate of drug-likeness (QED) is 0.837. The number of fused-ring (bicyclic) bond motifs is 1. The lowest BCUT2D eigenvalue weighted by molar-refractivity contribution is 0.384. The molecule has 96 valence electrons. The summed E-state index contributed by atoms with van der Waals surface area (Å²) in [4.78, 5) is 4.77. The second kappa shape index (κ2) is 5.01. The van der Waals surface area contributed by atoms with E-state index in [1.54, 1.807) is 0 Å². The average molecular weight is 243 g/mol. The Morgan fingerprint density at radius 3 is 2.78 bits per heavy atom. The Morgan fingerprint density at radius 1 is 1.22 bits per heavy atom. The van der Waals surface area contributed by atoms with Crippen molar-refractivity contribution in [1.82, 2.24) is 10.6 Å². The van der Waals surface area contributed by atoms with Crippen LogP contribution in [-0.4, -0.2) is 18.0 Å². The van der Waals surface area contributed by atoms with E-state index in [-0.39, 0.29) is 0 Å². The molecule has 2 aliphatic rings. The molecule has 3 heteroatoms. The minimum atomic E-state index is 0.303. The van der Waals surface area contributed by atoms with Crippen molar-refractivity contribution in [1.29, 1.82) is 0 Å². The van der Waals surface area contributed by atoms with E-state index >= 15 is 0 Å². The molecule has 2 N–H and O–H groups in total. The summed E-state index contributed by atoms with van der Waals surface area (Å²) in [6.45, 7) is 2.18. The summed E-state index contributed by atoms with van der Waals surface area (Å²) < 4.78 is 0. The van der Waals surface area contributed by atoms with Gasteiger partial charge in [0.2, 0.25) is 0 Å². The van der Waals surface area contributed by atoms with E-state index < -0.39 is 0 Å². The molecule has 1 aliphatic carbocycles. The van der Waals surface area contributed by atoms with Gasteiger partial charge in [-0.1, -0.05) is 43.2 Å². The van der Waals surface area contributed by atoms with Crippen LogP contribution in [0.5, 0.6) is 0 Å². The SMILES string of the molecule is C[C@H](NC1=N[C@H]2CCCC[C@@H]2N1)c1ccccc1. The molecule has 0 aromatic heterocycles. The summed E-state index contributed by atoms with van der Waals surface area (Å²) in [5.74, 6) is 0.989. The highest BCUT2D eigenvalue weighted by Gasteiger charge is 2.31. The van der Waals surface area contributed by atoms with Crippen molar-refractivity contribution in [2.24, 2.45) is 4.99 Å². The third-order valence-corrected chi connectivity index (χ3v) is 4.00. The molecule has 3 nitrogen and oxygen atoms in total. The number of hydrogen-bond acceptors (Lipinski definition) is 3. The molecule has 1 aliphatic heterocycles. The van der Waals surface area contributed by atoms with Gasteiger partial charge in [-0.05, 0) is 25.3 Å². The van der Waals surface area contributed by atoms with Crippen LogP contribution in [0.25, 0.3) is 0 Å². The van der Waals surface area contributed by atoms with Crippen molar-refractivity contribution >= 4 is 5.96 Å². The van der Waals surface area contributed by atoms with Gasteiger partial charge in [0.1, 0.15) is 0 Å². The monoisotopic (exact) mass is 243 g/mol. The van der Waals surface area contributed by atoms with Crippen LogP contribution < -0.4 is 10.6 Å². The van der Waals surface area contributed by atoms with Crippen LogP contribution >= 0.6 is 0 Å². The first kappa shape index (κ1) is 11.6. The molecule has 1 saturated carbocycles. The van der Waals surface area contributed by atoms with Crippen molar-refractivity contribution in [3.63, 3.8) is 0 Å². The van der Waals surface area contributed by atoms with Crippen molar-refractivity contribution < 1.29 is 0 Å².